The predicted octanol–water partition coefficient (Wildman–Crippen LogP) is -0.821. The zero-order valence-electron chi connectivity index (χ0n) is 19.0. The highest BCUT2D eigenvalue weighted by atomic mass is 32.2. The number of β-lactam (4-membered cyclic amide) rings is 1. The monoisotopic (exact) mass is 527 g/mol. The number of thioether (sulfide) groups is 1. The molecule has 2 aliphatic rings. The van der Waals surface area contributed by atoms with Gasteiger partial charge in [-0.1, -0.05) is 9.67 Å². The summed E-state index contributed by atoms with van der Waals surface area (Å²) in [5.74, 6) is -2.29. The number of amides is 2. The van der Waals surface area contributed by atoms with Crippen molar-refractivity contribution in [3.63, 3.8) is 0 Å². The van der Waals surface area contributed by atoms with Crippen molar-refractivity contribution in [2.75, 3.05) is 18.1 Å². The van der Waals surface area contributed by atoms with Gasteiger partial charge in [-0.25, -0.2) is 4.98 Å². The van der Waals surface area contributed by atoms with E-state index in [0.29, 0.717) is 17.7 Å². The quantitative estimate of drug-likeness (QED) is 0.148. The highest BCUT2D eigenvalue weighted by Crippen LogP contribution is 2.41. The fraction of sp³-hybridized carbons (Fsp3) is 0.273. The smallest absolute Gasteiger partial charge is 0.276 e. The number of nitrogens with zero attached hydrogens (tertiary/aromatic N) is 4. The number of carbonyl (C=O) groups is 3. The SMILES string of the molecule is CCO/N=C(/C(=O)N[C@@H]1C(=O)N2C(C(=O)[O-])=C(Cc3c[nH][n+]4ccccc34)CS[C@H]12)c1csc(N)n1. The van der Waals surface area contributed by atoms with Crippen molar-refractivity contribution in [1.29, 1.82) is 0 Å². The number of carbonyl (C=O) groups excluding carboxylic acids is 3. The Morgan fingerprint density at radius 1 is 1.44 bits per heavy atom. The molecule has 36 heavy (non-hydrogen) atoms. The third-order valence-corrected chi connectivity index (χ3v) is 7.78. The van der Waals surface area contributed by atoms with Gasteiger partial charge in [0, 0.05) is 29.7 Å². The minimum atomic E-state index is -1.43. The molecule has 3 aromatic rings. The number of nitrogens with one attached hydrogen (secondary N) is 2. The maximum absolute atomic E-state index is 13.0. The number of anilines is 1. The third-order valence-electron chi connectivity index (χ3n) is 5.76. The fourth-order valence-electron chi connectivity index (χ4n) is 4.16. The molecule has 0 spiro atoms. The molecule has 5 rings (SSSR count). The standard InChI is InChI=1S/C22H21N7O5S2/c1-2-34-27-15(13-10-36-22(23)25-13)18(30)26-16-19(31)29-17(21(32)33)12(9-35-20(16)29)7-11-8-24-28-6-4-3-5-14(11)28/h3-6,8,10,16,20H,2,7,9H2,1H3,(H4,23,25,26,30,32,33)/b27-15+/t16-,20-/m1/s1. The van der Waals surface area contributed by atoms with E-state index in [9.17, 15) is 19.5 Å². The average molecular weight is 528 g/mol. The van der Waals surface area contributed by atoms with Gasteiger partial charge in [0.05, 0.1) is 23.4 Å². The second-order valence-corrected chi connectivity index (χ2v) is 9.96. The largest absolute Gasteiger partial charge is 0.543 e. The molecule has 0 aromatic carbocycles. The first-order chi connectivity index (χ1) is 17.4. The fourth-order valence-corrected chi connectivity index (χ4v) is 6.05. The molecule has 1 saturated heterocycles. The summed E-state index contributed by atoms with van der Waals surface area (Å²) >= 11 is 2.51. The number of thiazole rings is 1. The molecule has 1 fully saturated rings. The van der Waals surface area contributed by atoms with E-state index in [1.807, 2.05) is 28.9 Å². The number of H-pyrrole nitrogens is 1. The number of oxime groups is 1. The van der Waals surface area contributed by atoms with E-state index in [2.05, 4.69) is 20.6 Å². The first-order valence-corrected chi connectivity index (χ1v) is 12.9. The zero-order chi connectivity index (χ0) is 25.4. The summed E-state index contributed by atoms with van der Waals surface area (Å²) in [4.78, 5) is 48.4. The molecule has 0 aliphatic carbocycles. The molecule has 0 radical (unpaired) electrons. The molecule has 12 nitrogen and oxygen atoms in total. The second-order valence-electron chi connectivity index (χ2n) is 7.96. The van der Waals surface area contributed by atoms with Crippen molar-refractivity contribution < 1.29 is 28.8 Å². The lowest BCUT2D eigenvalue weighted by Gasteiger charge is -2.50. The molecule has 3 aromatic heterocycles. The van der Waals surface area contributed by atoms with E-state index in [1.54, 1.807) is 18.5 Å². The van der Waals surface area contributed by atoms with Crippen LogP contribution < -0.4 is 20.7 Å². The number of carboxylic acid groups (broad SMARTS) is 1. The summed E-state index contributed by atoms with van der Waals surface area (Å²) in [6.45, 7) is 1.93. The minimum Gasteiger partial charge on any atom is -0.543 e. The highest BCUT2D eigenvalue weighted by molar-refractivity contribution is 8.00. The van der Waals surface area contributed by atoms with Crippen LogP contribution in [0.1, 0.15) is 18.2 Å². The van der Waals surface area contributed by atoms with E-state index >= 15 is 0 Å². The summed E-state index contributed by atoms with van der Waals surface area (Å²) < 4.78 is 1.82. The highest BCUT2D eigenvalue weighted by Gasteiger charge is 2.53. The maximum atomic E-state index is 13.0. The number of nitrogen functional groups attached to an aromatic ring is 1. The van der Waals surface area contributed by atoms with E-state index in [1.165, 1.54) is 16.7 Å². The van der Waals surface area contributed by atoms with Crippen LogP contribution in [0.5, 0.6) is 0 Å². The molecule has 0 unspecified atom stereocenters. The first-order valence-electron chi connectivity index (χ1n) is 11.0. The maximum Gasteiger partial charge on any atom is 0.276 e. The van der Waals surface area contributed by atoms with Crippen LogP contribution in [0.15, 0.2) is 52.4 Å². The lowest BCUT2D eigenvalue weighted by atomic mass is 9.99. The van der Waals surface area contributed by atoms with Crippen molar-refractivity contribution in [1.82, 2.24) is 20.3 Å². The van der Waals surface area contributed by atoms with E-state index < -0.39 is 29.2 Å². The molecule has 186 valence electrons. The number of rotatable bonds is 8. The molecular formula is C22H21N7O5S2. The number of aliphatic carboxylic acids is 1. The summed E-state index contributed by atoms with van der Waals surface area (Å²) in [5, 5.41) is 22.9. The van der Waals surface area contributed by atoms with Gasteiger partial charge in [-0.2, -0.15) is 5.10 Å². The molecule has 2 atom stereocenters. The number of aromatic amines is 1. The topological polar surface area (TPSA) is 170 Å². The van der Waals surface area contributed by atoms with Crippen LogP contribution in [-0.4, -0.2) is 62.3 Å². The molecule has 5 heterocycles. The normalized spacial score (nSPS) is 19.8. The van der Waals surface area contributed by atoms with Gasteiger partial charge in [0.25, 0.3) is 11.8 Å². The summed E-state index contributed by atoms with van der Waals surface area (Å²) in [6, 6.07) is 4.75. The second kappa shape index (κ2) is 9.62. The number of hydrogen-bond acceptors (Lipinski definition) is 10. The van der Waals surface area contributed by atoms with Gasteiger partial charge in [-0.15, -0.1) is 23.1 Å². The van der Waals surface area contributed by atoms with Gasteiger partial charge in [0.15, 0.2) is 17.0 Å². The molecular weight excluding hydrogens is 506 g/mol. The Morgan fingerprint density at radius 2 is 2.28 bits per heavy atom. The van der Waals surface area contributed by atoms with Gasteiger partial charge in [-0.3, -0.25) is 14.5 Å². The number of pyridine rings is 1. The number of aromatic nitrogens is 3. The van der Waals surface area contributed by atoms with E-state index in [0.717, 1.165) is 22.4 Å². The van der Waals surface area contributed by atoms with Crippen LogP contribution >= 0.6 is 23.1 Å². The lowest BCUT2D eigenvalue weighted by Crippen LogP contribution is -2.71. The van der Waals surface area contributed by atoms with E-state index in [4.69, 9.17) is 10.6 Å². The predicted molar refractivity (Wildman–Crippen MR) is 129 cm³/mol. The van der Waals surface area contributed by atoms with E-state index in [-0.39, 0.29) is 28.8 Å². The minimum absolute atomic E-state index is 0.120. The molecule has 2 amide bonds. The van der Waals surface area contributed by atoms with Crippen LogP contribution in [0.2, 0.25) is 0 Å². The van der Waals surface area contributed by atoms with Crippen molar-refractivity contribution in [3.05, 3.63) is 58.5 Å². The van der Waals surface area contributed by atoms with Gasteiger partial charge in [-0.05, 0) is 18.6 Å². The Bertz CT molecular complexity index is 1430. The summed E-state index contributed by atoms with van der Waals surface area (Å²) in [7, 11) is 0. The van der Waals surface area contributed by atoms with Crippen molar-refractivity contribution >= 4 is 57.2 Å². The first kappa shape index (κ1) is 23.8. The van der Waals surface area contributed by atoms with Crippen molar-refractivity contribution in [2.45, 2.75) is 24.8 Å². The Kier molecular flexibility index (Phi) is 6.36. The van der Waals surface area contributed by atoms with Crippen LogP contribution in [0, 0.1) is 0 Å². The summed E-state index contributed by atoms with van der Waals surface area (Å²) in [6.07, 6.45) is 3.99. The Hall–Kier alpha value is -3.91. The van der Waals surface area contributed by atoms with Crippen molar-refractivity contribution in [3.8, 4) is 0 Å². The van der Waals surface area contributed by atoms with Gasteiger partial charge < -0.3 is 25.8 Å². The summed E-state index contributed by atoms with van der Waals surface area (Å²) in [5.41, 5.74) is 7.98. The van der Waals surface area contributed by atoms with Gasteiger partial charge in [0.2, 0.25) is 5.52 Å². The molecule has 4 N–H and O–H groups in total. The van der Waals surface area contributed by atoms with Crippen molar-refractivity contribution in [2.24, 2.45) is 5.16 Å². The van der Waals surface area contributed by atoms with Crippen LogP contribution in [0.25, 0.3) is 5.52 Å². The van der Waals surface area contributed by atoms with Crippen LogP contribution in [0.4, 0.5) is 5.13 Å². The number of hydrogen-bond donors (Lipinski definition) is 3. The molecule has 0 saturated carbocycles. The Labute approximate surface area is 212 Å². The molecule has 2 aliphatic heterocycles. The Morgan fingerprint density at radius 3 is 3.00 bits per heavy atom. The van der Waals surface area contributed by atoms with Gasteiger partial charge >= 0.3 is 0 Å². The third kappa shape index (κ3) is 4.18. The zero-order valence-corrected chi connectivity index (χ0v) is 20.6. The van der Waals surface area contributed by atoms with Gasteiger partial charge in [0.1, 0.15) is 23.7 Å². The average Bonchev–Trinajstić information content (AvgIpc) is 3.48. The number of carboxylic acids is 1. The molecule has 0 bridgehead atoms. The lowest BCUT2D eigenvalue weighted by molar-refractivity contribution is -0.576. The van der Waals surface area contributed by atoms with Crippen LogP contribution in [0.3, 0.4) is 0 Å². The molecule has 14 heteroatoms. The number of fused-ring (bicyclic) bond motifs is 2. The Balaban J connectivity index is 1.37. The van der Waals surface area contributed by atoms with Crippen LogP contribution in [-0.2, 0) is 25.6 Å². The number of nitrogens with two attached hydrogens (primary N) is 1.